The maximum atomic E-state index is 12.3. The Morgan fingerprint density at radius 2 is 1.67 bits per heavy atom. The lowest BCUT2D eigenvalue weighted by Gasteiger charge is -2.31. The molecule has 5 heteroatoms. The summed E-state index contributed by atoms with van der Waals surface area (Å²) in [5.74, 6) is 1.89. The number of piperidine rings is 1. The number of carbonyl (C=O) groups is 1. The highest BCUT2D eigenvalue weighted by molar-refractivity contribution is 5.76. The SMILES string of the molecule is COc1cc2c(cc1OC)CN(CCC(=O)N1CCCCC1)CC2. The van der Waals surface area contributed by atoms with Crippen LogP contribution in [0, 0.1) is 0 Å². The highest BCUT2D eigenvalue weighted by Crippen LogP contribution is 2.33. The average molecular weight is 332 g/mol. The van der Waals surface area contributed by atoms with Gasteiger partial charge in [-0.3, -0.25) is 9.69 Å². The van der Waals surface area contributed by atoms with Gasteiger partial charge in [-0.1, -0.05) is 0 Å². The standard InChI is InChI=1S/C19H28N2O3/c1-23-17-12-15-6-10-20(14-16(15)13-18(17)24-2)11-7-19(22)21-8-4-3-5-9-21/h12-13H,3-11,14H2,1-2H3. The minimum absolute atomic E-state index is 0.313. The smallest absolute Gasteiger partial charge is 0.223 e. The Hall–Kier alpha value is -1.75. The van der Waals surface area contributed by atoms with E-state index in [9.17, 15) is 4.79 Å². The van der Waals surface area contributed by atoms with Crippen molar-refractivity contribution in [3.63, 3.8) is 0 Å². The summed E-state index contributed by atoms with van der Waals surface area (Å²) < 4.78 is 10.8. The first-order chi connectivity index (χ1) is 11.7. The molecule has 0 N–H and O–H groups in total. The number of fused-ring (bicyclic) bond motifs is 1. The second-order valence-electron chi connectivity index (χ2n) is 6.69. The number of hydrogen-bond acceptors (Lipinski definition) is 4. The van der Waals surface area contributed by atoms with Crippen LogP contribution in [0.2, 0.25) is 0 Å². The van der Waals surface area contributed by atoms with Crippen LogP contribution < -0.4 is 9.47 Å². The summed E-state index contributed by atoms with van der Waals surface area (Å²) in [4.78, 5) is 16.7. The van der Waals surface area contributed by atoms with E-state index in [0.717, 1.165) is 63.5 Å². The second-order valence-corrected chi connectivity index (χ2v) is 6.69. The van der Waals surface area contributed by atoms with Crippen LogP contribution in [-0.2, 0) is 17.8 Å². The molecule has 132 valence electrons. The van der Waals surface area contributed by atoms with Crippen molar-refractivity contribution < 1.29 is 14.3 Å². The molecule has 1 saturated heterocycles. The summed E-state index contributed by atoms with van der Waals surface area (Å²) in [5.41, 5.74) is 2.61. The molecule has 1 fully saturated rings. The molecule has 0 unspecified atom stereocenters. The fraction of sp³-hybridized carbons (Fsp3) is 0.632. The quantitative estimate of drug-likeness (QED) is 0.831. The third-order valence-corrected chi connectivity index (χ3v) is 5.15. The van der Waals surface area contributed by atoms with Crippen molar-refractivity contribution in [2.75, 3.05) is 40.4 Å². The first-order valence-electron chi connectivity index (χ1n) is 8.95. The van der Waals surface area contributed by atoms with Crippen LogP contribution in [0.1, 0.15) is 36.8 Å². The average Bonchev–Trinajstić information content (AvgIpc) is 2.65. The fourth-order valence-electron chi connectivity index (χ4n) is 3.69. The predicted octanol–water partition coefficient (Wildman–Crippen LogP) is 2.46. The molecule has 24 heavy (non-hydrogen) atoms. The number of nitrogens with zero attached hydrogens (tertiary/aromatic N) is 2. The molecule has 0 atom stereocenters. The van der Waals surface area contributed by atoms with E-state index in [4.69, 9.17) is 9.47 Å². The molecule has 2 aliphatic heterocycles. The van der Waals surface area contributed by atoms with Crippen LogP contribution in [0.25, 0.3) is 0 Å². The van der Waals surface area contributed by atoms with Gasteiger partial charge in [0.2, 0.25) is 5.91 Å². The molecule has 0 radical (unpaired) electrons. The molecule has 0 aromatic heterocycles. The minimum Gasteiger partial charge on any atom is -0.493 e. The van der Waals surface area contributed by atoms with Crippen molar-refractivity contribution >= 4 is 5.91 Å². The van der Waals surface area contributed by atoms with Crippen molar-refractivity contribution in [3.05, 3.63) is 23.3 Å². The fourth-order valence-corrected chi connectivity index (χ4v) is 3.69. The highest BCUT2D eigenvalue weighted by atomic mass is 16.5. The number of hydrogen-bond donors (Lipinski definition) is 0. The first kappa shape index (κ1) is 17.1. The van der Waals surface area contributed by atoms with Crippen molar-refractivity contribution in [2.24, 2.45) is 0 Å². The Labute approximate surface area is 144 Å². The van der Waals surface area contributed by atoms with E-state index in [1.165, 1.54) is 17.5 Å². The number of rotatable bonds is 5. The monoisotopic (exact) mass is 332 g/mol. The maximum Gasteiger partial charge on any atom is 0.223 e. The van der Waals surface area contributed by atoms with E-state index >= 15 is 0 Å². The van der Waals surface area contributed by atoms with Gasteiger partial charge in [0.05, 0.1) is 14.2 Å². The summed E-state index contributed by atoms with van der Waals surface area (Å²) in [6.45, 7) is 4.60. The molecule has 2 aliphatic rings. The van der Waals surface area contributed by atoms with E-state index in [2.05, 4.69) is 17.0 Å². The molecular formula is C19H28N2O3. The summed E-state index contributed by atoms with van der Waals surface area (Å²) in [5, 5.41) is 0. The van der Waals surface area contributed by atoms with Crippen molar-refractivity contribution in [2.45, 2.75) is 38.6 Å². The number of benzene rings is 1. The van der Waals surface area contributed by atoms with Crippen LogP contribution in [0.5, 0.6) is 11.5 Å². The molecular weight excluding hydrogens is 304 g/mol. The van der Waals surface area contributed by atoms with Gasteiger partial charge in [0, 0.05) is 39.1 Å². The lowest BCUT2D eigenvalue weighted by Crippen LogP contribution is -2.39. The van der Waals surface area contributed by atoms with Crippen molar-refractivity contribution in [3.8, 4) is 11.5 Å². The zero-order chi connectivity index (χ0) is 16.9. The molecule has 3 rings (SSSR count). The minimum atomic E-state index is 0.313. The zero-order valence-corrected chi connectivity index (χ0v) is 14.8. The van der Waals surface area contributed by atoms with Crippen molar-refractivity contribution in [1.82, 2.24) is 9.80 Å². The summed E-state index contributed by atoms with van der Waals surface area (Å²) in [6, 6.07) is 4.16. The number of carbonyl (C=O) groups excluding carboxylic acids is 1. The Balaban J connectivity index is 1.57. The number of likely N-dealkylation sites (tertiary alicyclic amines) is 1. The Bertz CT molecular complexity index is 582. The summed E-state index contributed by atoms with van der Waals surface area (Å²) >= 11 is 0. The van der Waals surface area contributed by atoms with E-state index in [1.807, 2.05) is 4.90 Å². The zero-order valence-electron chi connectivity index (χ0n) is 14.8. The maximum absolute atomic E-state index is 12.3. The van der Waals surface area contributed by atoms with E-state index in [0.29, 0.717) is 12.3 Å². The Morgan fingerprint density at radius 1 is 1.00 bits per heavy atom. The van der Waals surface area contributed by atoms with Gasteiger partial charge >= 0.3 is 0 Å². The van der Waals surface area contributed by atoms with Crippen molar-refractivity contribution in [1.29, 1.82) is 0 Å². The molecule has 1 aromatic rings. The lowest BCUT2D eigenvalue weighted by atomic mass is 9.98. The molecule has 0 saturated carbocycles. The van der Waals surface area contributed by atoms with Gasteiger partial charge in [0.15, 0.2) is 11.5 Å². The summed E-state index contributed by atoms with van der Waals surface area (Å²) in [7, 11) is 3.34. The molecule has 0 bridgehead atoms. The van der Waals surface area contributed by atoms with Gasteiger partial charge < -0.3 is 14.4 Å². The Morgan fingerprint density at radius 3 is 2.33 bits per heavy atom. The number of ether oxygens (including phenoxy) is 2. The third-order valence-electron chi connectivity index (χ3n) is 5.15. The largest absolute Gasteiger partial charge is 0.493 e. The van der Waals surface area contributed by atoms with Gasteiger partial charge in [-0.15, -0.1) is 0 Å². The number of amides is 1. The molecule has 2 heterocycles. The predicted molar refractivity (Wildman–Crippen MR) is 93.6 cm³/mol. The van der Waals surface area contributed by atoms with Gasteiger partial charge in [0.1, 0.15) is 0 Å². The third kappa shape index (κ3) is 3.83. The highest BCUT2D eigenvalue weighted by Gasteiger charge is 2.21. The van der Waals surface area contributed by atoms with Crippen LogP contribution in [0.4, 0.5) is 0 Å². The van der Waals surface area contributed by atoms with Gasteiger partial charge in [-0.25, -0.2) is 0 Å². The van der Waals surface area contributed by atoms with Crippen LogP contribution in [0.15, 0.2) is 12.1 Å². The van der Waals surface area contributed by atoms with Gasteiger partial charge in [0.25, 0.3) is 0 Å². The lowest BCUT2D eigenvalue weighted by molar-refractivity contribution is -0.132. The van der Waals surface area contributed by atoms with Gasteiger partial charge in [-0.05, 0) is 48.9 Å². The normalized spacial score (nSPS) is 18.2. The van der Waals surface area contributed by atoms with E-state index in [1.54, 1.807) is 14.2 Å². The molecule has 0 spiro atoms. The molecule has 5 nitrogen and oxygen atoms in total. The molecule has 0 aliphatic carbocycles. The molecule has 1 amide bonds. The summed E-state index contributed by atoms with van der Waals surface area (Å²) in [6.07, 6.45) is 5.20. The van der Waals surface area contributed by atoms with Crippen LogP contribution >= 0.6 is 0 Å². The number of methoxy groups -OCH3 is 2. The molecule has 1 aromatic carbocycles. The van der Waals surface area contributed by atoms with E-state index < -0.39 is 0 Å². The Kier molecular flexibility index (Phi) is 5.61. The topological polar surface area (TPSA) is 42.0 Å². The first-order valence-corrected chi connectivity index (χ1v) is 8.95. The second kappa shape index (κ2) is 7.88. The van der Waals surface area contributed by atoms with Crippen LogP contribution in [0.3, 0.4) is 0 Å². The van der Waals surface area contributed by atoms with Crippen LogP contribution in [-0.4, -0.2) is 56.1 Å². The van der Waals surface area contributed by atoms with E-state index in [-0.39, 0.29) is 0 Å². The van der Waals surface area contributed by atoms with Gasteiger partial charge in [-0.2, -0.15) is 0 Å².